The minimum atomic E-state index is -0.0661. The summed E-state index contributed by atoms with van der Waals surface area (Å²) in [5.41, 5.74) is 1.28. The van der Waals surface area contributed by atoms with E-state index >= 15 is 0 Å². The molecule has 0 atom stereocenters. The van der Waals surface area contributed by atoms with Gasteiger partial charge in [0.05, 0.1) is 36.7 Å². The number of methoxy groups -OCH3 is 1. The number of fused-ring (bicyclic) bond motifs is 1. The maximum absolute atomic E-state index is 13.4. The smallest absolute Gasteiger partial charge is 0.254 e. The molecule has 0 radical (unpaired) electrons. The summed E-state index contributed by atoms with van der Waals surface area (Å²) in [5, 5.41) is 1.53. The second-order valence-electron chi connectivity index (χ2n) is 7.80. The van der Waals surface area contributed by atoms with E-state index in [2.05, 4.69) is 4.90 Å². The topological polar surface area (TPSA) is 73.4 Å². The minimum Gasteiger partial charge on any atom is -0.494 e. The molecule has 0 unspecified atom stereocenters. The molecule has 0 spiro atoms. The number of amides is 1. The number of carbonyl (C=O) groups excluding carboxylic acids is 1. The predicted octanol–water partition coefficient (Wildman–Crippen LogP) is 5.12. The van der Waals surface area contributed by atoms with Crippen molar-refractivity contribution >= 4 is 44.2 Å². The largest absolute Gasteiger partial charge is 0.494 e. The van der Waals surface area contributed by atoms with Crippen LogP contribution in [0.4, 0.5) is 5.13 Å². The van der Waals surface area contributed by atoms with Gasteiger partial charge in [-0.3, -0.25) is 4.79 Å². The number of hydrogen-bond donors (Lipinski definition) is 0. The average molecular weight is 520 g/mol. The van der Waals surface area contributed by atoms with Crippen LogP contribution in [0.25, 0.3) is 10.2 Å². The van der Waals surface area contributed by atoms with Gasteiger partial charge in [-0.1, -0.05) is 22.9 Å². The molecule has 8 nitrogen and oxygen atoms in total. The van der Waals surface area contributed by atoms with Gasteiger partial charge in [0.2, 0.25) is 5.75 Å². The summed E-state index contributed by atoms with van der Waals surface area (Å²) in [5.74, 6) is 2.20. The van der Waals surface area contributed by atoms with Crippen LogP contribution in [0.3, 0.4) is 0 Å². The second kappa shape index (κ2) is 11.2. The highest BCUT2D eigenvalue weighted by atomic mass is 35.5. The van der Waals surface area contributed by atoms with Gasteiger partial charge >= 0.3 is 0 Å². The molecule has 0 aliphatic carbocycles. The fraction of sp³-hybridized carbons (Fsp3) is 0.440. The lowest BCUT2D eigenvalue weighted by molar-refractivity contribution is 0.0745. The Morgan fingerprint density at radius 2 is 1.60 bits per heavy atom. The van der Waals surface area contributed by atoms with E-state index in [-0.39, 0.29) is 5.91 Å². The Morgan fingerprint density at radius 1 is 0.971 bits per heavy atom. The molecule has 35 heavy (non-hydrogen) atoms. The zero-order valence-electron chi connectivity index (χ0n) is 20.4. The quantitative estimate of drug-likeness (QED) is 0.388. The van der Waals surface area contributed by atoms with E-state index in [4.69, 9.17) is 35.5 Å². The van der Waals surface area contributed by atoms with Crippen LogP contribution in [0.2, 0.25) is 5.02 Å². The Labute approximate surface area is 214 Å². The third-order valence-electron chi connectivity index (χ3n) is 5.66. The maximum Gasteiger partial charge on any atom is 0.254 e. The number of rotatable bonds is 9. The van der Waals surface area contributed by atoms with Crippen molar-refractivity contribution in [3.05, 3.63) is 34.9 Å². The summed E-state index contributed by atoms with van der Waals surface area (Å²) in [6.45, 7) is 9.55. The Bertz CT molecular complexity index is 1170. The van der Waals surface area contributed by atoms with Gasteiger partial charge in [0.1, 0.15) is 11.3 Å². The van der Waals surface area contributed by atoms with Gasteiger partial charge in [0.15, 0.2) is 16.6 Å². The zero-order valence-corrected chi connectivity index (χ0v) is 22.0. The molecule has 10 heteroatoms. The van der Waals surface area contributed by atoms with E-state index in [1.165, 1.54) is 11.3 Å². The molecule has 1 aliphatic heterocycles. The van der Waals surface area contributed by atoms with E-state index in [0.29, 0.717) is 79.6 Å². The van der Waals surface area contributed by atoms with Crippen LogP contribution < -0.4 is 23.8 Å². The highest BCUT2D eigenvalue weighted by molar-refractivity contribution is 7.22. The van der Waals surface area contributed by atoms with Crippen molar-refractivity contribution in [2.75, 3.05) is 58.0 Å². The van der Waals surface area contributed by atoms with Crippen molar-refractivity contribution in [2.45, 2.75) is 20.8 Å². The molecule has 1 saturated heterocycles. The number of benzene rings is 2. The van der Waals surface area contributed by atoms with E-state index in [9.17, 15) is 4.79 Å². The van der Waals surface area contributed by atoms with Crippen molar-refractivity contribution in [3.63, 3.8) is 0 Å². The normalized spacial score (nSPS) is 13.7. The molecule has 2 heterocycles. The zero-order chi connectivity index (χ0) is 24.9. The van der Waals surface area contributed by atoms with Crippen LogP contribution in [-0.2, 0) is 0 Å². The lowest BCUT2D eigenvalue weighted by atomic mass is 10.1. The molecule has 0 bridgehead atoms. The van der Waals surface area contributed by atoms with Gasteiger partial charge in [-0.05, 0) is 45.0 Å². The molecule has 4 rings (SSSR count). The molecule has 1 aromatic heterocycles. The molecule has 0 N–H and O–H groups in total. The van der Waals surface area contributed by atoms with Crippen LogP contribution >= 0.6 is 22.9 Å². The fourth-order valence-electron chi connectivity index (χ4n) is 4.04. The van der Waals surface area contributed by atoms with Gasteiger partial charge < -0.3 is 28.7 Å². The Balaban J connectivity index is 1.52. The van der Waals surface area contributed by atoms with Gasteiger partial charge in [-0.15, -0.1) is 0 Å². The predicted molar refractivity (Wildman–Crippen MR) is 139 cm³/mol. The molecule has 1 aliphatic rings. The molecule has 1 amide bonds. The number of anilines is 1. The number of halogens is 1. The van der Waals surface area contributed by atoms with Crippen LogP contribution in [0, 0.1) is 0 Å². The first kappa shape index (κ1) is 25.2. The van der Waals surface area contributed by atoms with Gasteiger partial charge in [0.25, 0.3) is 5.91 Å². The van der Waals surface area contributed by atoms with Crippen LogP contribution in [-0.4, -0.2) is 68.9 Å². The lowest BCUT2D eigenvalue weighted by Gasteiger charge is -2.34. The summed E-state index contributed by atoms with van der Waals surface area (Å²) in [6.07, 6.45) is 0. The monoisotopic (exact) mass is 519 g/mol. The maximum atomic E-state index is 13.4. The molecular weight excluding hydrogens is 490 g/mol. The van der Waals surface area contributed by atoms with E-state index in [0.717, 1.165) is 15.3 Å². The molecule has 3 aromatic rings. The van der Waals surface area contributed by atoms with Crippen LogP contribution in [0.1, 0.15) is 31.1 Å². The van der Waals surface area contributed by atoms with Crippen molar-refractivity contribution in [2.24, 2.45) is 0 Å². The Morgan fingerprint density at radius 3 is 2.17 bits per heavy atom. The van der Waals surface area contributed by atoms with Gasteiger partial charge in [0, 0.05) is 31.7 Å². The standard InChI is InChI=1S/C25H30ClN3O5S/c1-5-32-19-14-16(15-20(33-6-2)22(19)34-7-3)24(30)28-10-12-29(13-11-28)25-27-21-18(31-4)9-8-17(26)23(21)35-25/h8-9,14-15H,5-7,10-13H2,1-4H3. The molecular formula is C25H30ClN3O5S. The average Bonchev–Trinajstić information content (AvgIpc) is 3.32. The van der Waals surface area contributed by atoms with Crippen molar-refractivity contribution in [3.8, 4) is 23.0 Å². The number of ether oxygens (including phenoxy) is 4. The highest BCUT2D eigenvalue weighted by Crippen LogP contribution is 2.40. The van der Waals surface area contributed by atoms with Crippen LogP contribution in [0.5, 0.6) is 23.0 Å². The molecule has 1 fully saturated rings. The first-order valence-electron chi connectivity index (χ1n) is 11.7. The molecule has 0 saturated carbocycles. The molecule has 2 aromatic carbocycles. The number of hydrogen-bond acceptors (Lipinski definition) is 8. The third kappa shape index (κ3) is 5.21. The lowest BCUT2D eigenvalue weighted by Crippen LogP contribution is -2.48. The van der Waals surface area contributed by atoms with Crippen molar-refractivity contribution < 1.29 is 23.7 Å². The number of aromatic nitrogens is 1. The summed E-state index contributed by atoms with van der Waals surface area (Å²) >= 11 is 7.93. The van der Waals surface area contributed by atoms with Gasteiger partial charge in [-0.25, -0.2) is 4.98 Å². The Hall–Kier alpha value is -2.91. The summed E-state index contributed by atoms with van der Waals surface area (Å²) in [4.78, 5) is 22.2. The minimum absolute atomic E-state index is 0.0661. The first-order valence-corrected chi connectivity index (χ1v) is 12.9. The SMILES string of the molecule is CCOc1cc(C(=O)N2CCN(c3nc4c(OC)ccc(Cl)c4s3)CC2)cc(OCC)c1OCC. The molecule has 188 valence electrons. The van der Waals surface area contributed by atoms with E-state index < -0.39 is 0 Å². The van der Waals surface area contributed by atoms with Crippen molar-refractivity contribution in [1.82, 2.24) is 9.88 Å². The number of piperazine rings is 1. The van der Waals surface area contributed by atoms with Crippen molar-refractivity contribution in [1.29, 1.82) is 0 Å². The number of thiazole rings is 1. The fourth-order valence-corrected chi connectivity index (χ4v) is 5.34. The third-order valence-corrected chi connectivity index (χ3v) is 7.24. The van der Waals surface area contributed by atoms with E-state index in [1.807, 2.05) is 37.8 Å². The highest BCUT2D eigenvalue weighted by Gasteiger charge is 2.27. The Kier molecular flexibility index (Phi) is 8.07. The summed E-state index contributed by atoms with van der Waals surface area (Å²) in [6, 6.07) is 7.14. The summed E-state index contributed by atoms with van der Waals surface area (Å²) < 4.78 is 23.7. The summed E-state index contributed by atoms with van der Waals surface area (Å²) in [7, 11) is 1.63. The second-order valence-corrected chi connectivity index (χ2v) is 9.19. The van der Waals surface area contributed by atoms with Gasteiger partial charge in [-0.2, -0.15) is 0 Å². The van der Waals surface area contributed by atoms with E-state index in [1.54, 1.807) is 19.2 Å². The first-order chi connectivity index (χ1) is 17.0. The number of carbonyl (C=O) groups is 1. The number of nitrogens with zero attached hydrogens (tertiary/aromatic N) is 3. The van der Waals surface area contributed by atoms with Crippen LogP contribution in [0.15, 0.2) is 24.3 Å².